The zero-order chi connectivity index (χ0) is 23.6. The lowest BCUT2D eigenvalue weighted by Crippen LogP contribution is -2.67. The smallest absolute Gasteiger partial charge is 0.410 e. The van der Waals surface area contributed by atoms with Crippen LogP contribution in [0, 0.1) is 0 Å². The number of hydrogen-bond donors (Lipinski definition) is 1. The van der Waals surface area contributed by atoms with E-state index < -0.39 is 13.9 Å². The van der Waals surface area contributed by atoms with E-state index in [0.717, 1.165) is 0 Å². The van der Waals surface area contributed by atoms with Gasteiger partial charge in [-0.1, -0.05) is 81.4 Å². The Morgan fingerprint density at radius 3 is 1.88 bits per heavy atom. The number of carbonyl (C=O) groups excluding carboxylic acids is 1. The molecule has 0 aliphatic carbocycles. The van der Waals surface area contributed by atoms with Crippen molar-refractivity contribution in [3.63, 3.8) is 0 Å². The normalized spacial score (nSPS) is 19.8. The van der Waals surface area contributed by atoms with Gasteiger partial charge in [0.25, 0.3) is 8.32 Å². The molecule has 0 aromatic heterocycles. The Bertz CT molecular complexity index is 851. The van der Waals surface area contributed by atoms with Gasteiger partial charge in [-0.15, -0.1) is 0 Å². The van der Waals surface area contributed by atoms with E-state index in [2.05, 4.69) is 69.3 Å². The first-order valence-electron chi connectivity index (χ1n) is 11.5. The average molecular weight is 455 g/mol. The fourth-order valence-electron chi connectivity index (χ4n) is 4.67. The molecule has 1 fully saturated rings. The van der Waals surface area contributed by atoms with Crippen molar-refractivity contribution in [2.75, 3.05) is 13.1 Å². The molecule has 2 atom stereocenters. The minimum atomic E-state index is -2.69. The third-order valence-corrected chi connectivity index (χ3v) is 11.1. The summed E-state index contributed by atoms with van der Waals surface area (Å²) < 4.78 is 12.9. The Hall–Kier alpha value is -2.15. The monoisotopic (exact) mass is 454 g/mol. The molecule has 32 heavy (non-hydrogen) atoms. The fourth-order valence-corrected chi connectivity index (χ4v) is 9.35. The zero-order valence-corrected chi connectivity index (χ0v) is 21.3. The maximum atomic E-state index is 12.9. The van der Waals surface area contributed by atoms with Crippen molar-refractivity contribution in [1.29, 1.82) is 0 Å². The van der Waals surface area contributed by atoms with Gasteiger partial charge in [-0.3, -0.25) is 0 Å². The molecule has 6 heteroatoms. The highest BCUT2D eigenvalue weighted by atomic mass is 28.4. The summed E-state index contributed by atoms with van der Waals surface area (Å²) in [6, 6.07) is 21.1. The second-order valence-corrected chi connectivity index (χ2v) is 14.9. The highest BCUT2D eigenvalue weighted by molar-refractivity contribution is 6.99. The van der Waals surface area contributed by atoms with Crippen LogP contribution < -0.4 is 16.1 Å². The van der Waals surface area contributed by atoms with E-state index in [-0.39, 0.29) is 23.3 Å². The summed E-state index contributed by atoms with van der Waals surface area (Å²) in [4.78, 5) is 14.6. The van der Waals surface area contributed by atoms with E-state index in [1.807, 2.05) is 32.9 Å². The van der Waals surface area contributed by atoms with Gasteiger partial charge in [-0.05, 0) is 42.6 Å². The number of ether oxygens (including phenoxy) is 1. The molecule has 3 rings (SSSR count). The first-order valence-corrected chi connectivity index (χ1v) is 13.4. The van der Waals surface area contributed by atoms with Crippen LogP contribution in [0.2, 0.25) is 5.04 Å². The summed E-state index contributed by atoms with van der Waals surface area (Å²) in [6.07, 6.45) is 0.282. The Kier molecular flexibility index (Phi) is 7.17. The van der Waals surface area contributed by atoms with Gasteiger partial charge >= 0.3 is 6.09 Å². The third kappa shape index (κ3) is 5.08. The van der Waals surface area contributed by atoms with Gasteiger partial charge in [0, 0.05) is 19.1 Å². The topological polar surface area (TPSA) is 64.8 Å². The average Bonchev–Trinajstić information content (AvgIpc) is 3.14. The van der Waals surface area contributed by atoms with Crippen molar-refractivity contribution in [3.05, 3.63) is 60.7 Å². The number of nitrogens with two attached hydrogens (primary N) is 1. The van der Waals surface area contributed by atoms with Gasteiger partial charge in [0.05, 0.1) is 6.10 Å². The Morgan fingerprint density at radius 1 is 0.969 bits per heavy atom. The minimum Gasteiger partial charge on any atom is -0.444 e. The van der Waals surface area contributed by atoms with Gasteiger partial charge in [-0.2, -0.15) is 0 Å². The van der Waals surface area contributed by atoms with E-state index in [1.165, 1.54) is 10.4 Å². The molecule has 0 bridgehead atoms. The lowest BCUT2D eigenvalue weighted by Gasteiger charge is -2.44. The minimum absolute atomic E-state index is 0.0898. The van der Waals surface area contributed by atoms with Crippen LogP contribution in [-0.2, 0) is 9.16 Å². The molecular weight excluding hydrogens is 416 g/mol. The lowest BCUT2D eigenvalue weighted by atomic mass is 10.2. The van der Waals surface area contributed by atoms with Crippen LogP contribution in [0.3, 0.4) is 0 Å². The van der Waals surface area contributed by atoms with Gasteiger partial charge in [0.1, 0.15) is 5.60 Å². The van der Waals surface area contributed by atoms with E-state index in [9.17, 15) is 4.79 Å². The maximum absolute atomic E-state index is 12.9. The Labute approximate surface area is 194 Å². The van der Waals surface area contributed by atoms with Crippen molar-refractivity contribution in [3.8, 4) is 0 Å². The highest BCUT2D eigenvalue weighted by Crippen LogP contribution is 2.39. The van der Waals surface area contributed by atoms with Gasteiger partial charge < -0.3 is 19.8 Å². The van der Waals surface area contributed by atoms with Crippen molar-refractivity contribution in [2.24, 2.45) is 5.73 Å². The number of rotatable bonds is 5. The standard InChI is InChI=1S/C26H38N2O3Si/c1-25(2,3)30-24(29)28-19-21(17-20(28)18-27)31-32(26(4,5)6,22-13-9-7-10-14-22)23-15-11-8-12-16-23/h7-16,20-21H,17-19,27H2,1-6H3/t20-,21+/m1/s1. The lowest BCUT2D eigenvalue weighted by molar-refractivity contribution is 0.0216. The van der Waals surface area contributed by atoms with Gasteiger partial charge in [0.2, 0.25) is 0 Å². The molecule has 1 amide bonds. The second kappa shape index (κ2) is 9.38. The molecule has 2 aromatic rings. The van der Waals surface area contributed by atoms with Crippen LogP contribution in [0.4, 0.5) is 4.79 Å². The largest absolute Gasteiger partial charge is 0.444 e. The van der Waals surface area contributed by atoms with Crippen molar-refractivity contribution < 1.29 is 14.0 Å². The van der Waals surface area contributed by atoms with Crippen molar-refractivity contribution in [2.45, 2.75) is 70.7 Å². The Morgan fingerprint density at radius 2 is 1.47 bits per heavy atom. The van der Waals surface area contributed by atoms with E-state index in [1.54, 1.807) is 4.90 Å². The third-order valence-electron chi connectivity index (χ3n) is 6.04. The molecular formula is C26H38N2O3Si. The number of amides is 1. The first kappa shape index (κ1) is 24.5. The van der Waals surface area contributed by atoms with Crippen LogP contribution in [0.25, 0.3) is 0 Å². The Balaban J connectivity index is 2.00. The SMILES string of the molecule is CC(C)(C)OC(=O)N1C[C@@H](O[Si](c2ccccc2)(c2ccccc2)C(C)(C)C)C[C@@H]1CN. The van der Waals surface area contributed by atoms with Gasteiger partial charge in [0.15, 0.2) is 0 Å². The number of benzene rings is 2. The molecule has 1 aliphatic heterocycles. The summed E-state index contributed by atoms with van der Waals surface area (Å²) in [5.74, 6) is 0. The quantitative estimate of drug-likeness (QED) is 0.696. The molecule has 174 valence electrons. The second-order valence-electron chi connectivity index (χ2n) is 10.7. The fraction of sp³-hybridized carbons (Fsp3) is 0.500. The number of likely N-dealkylation sites (tertiary alicyclic amines) is 1. The summed E-state index contributed by atoms with van der Waals surface area (Å²) in [7, 11) is -2.69. The molecule has 1 heterocycles. The van der Waals surface area contributed by atoms with Crippen LogP contribution in [0.5, 0.6) is 0 Å². The molecule has 5 nitrogen and oxygen atoms in total. The van der Waals surface area contributed by atoms with Crippen molar-refractivity contribution in [1.82, 2.24) is 4.90 Å². The van der Waals surface area contributed by atoms with Crippen LogP contribution in [0.15, 0.2) is 60.7 Å². The predicted molar refractivity (Wildman–Crippen MR) is 133 cm³/mol. The van der Waals surface area contributed by atoms with E-state index >= 15 is 0 Å². The maximum Gasteiger partial charge on any atom is 0.410 e. The molecule has 1 saturated heterocycles. The summed E-state index contributed by atoms with van der Waals surface area (Å²) in [5.41, 5.74) is 5.52. The highest BCUT2D eigenvalue weighted by Gasteiger charge is 2.53. The number of hydrogen-bond acceptors (Lipinski definition) is 4. The zero-order valence-electron chi connectivity index (χ0n) is 20.3. The van der Waals surface area contributed by atoms with Gasteiger partial charge in [-0.25, -0.2) is 4.79 Å². The van der Waals surface area contributed by atoms with Crippen LogP contribution >= 0.6 is 0 Å². The molecule has 0 radical (unpaired) electrons. The summed E-state index contributed by atoms with van der Waals surface area (Å²) in [6.45, 7) is 13.3. The molecule has 2 aromatic carbocycles. The first-order chi connectivity index (χ1) is 15.0. The van der Waals surface area contributed by atoms with Crippen LogP contribution in [-0.4, -0.2) is 50.1 Å². The predicted octanol–water partition coefficient (Wildman–Crippen LogP) is 3.90. The van der Waals surface area contributed by atoms with Crippen LogP contribution in [0.1, 0.15) is 48.0 Å². The molecule has 0 unspecified atom stereocenters. The van der Waals surface area contributed by atoms with E-state index in [0.29, 0.717) is 19.5 Å². The molecule has 0 spiro atoms. The van der Waals surface area contributed by atoms with Crippen molar-refractivity contribution >= 4 is 24.8 Å². The molecule has 1 aliphatic rings. The number of nitrogens with zero attached hydrogens (tertiary/aromatic N) is 1. The molecule has 2 N–H and O–H groups in total. The summed E-state index contributed by atoms with van der Waals surface area (Å²) in [5, 5.41) is 2.35. The number of carbonyl (C=O) groups is 1. The van der Waals surface area contributed by atoms with E-state index in [4.69, 9.17) is 14.9 Å². The molecule has 0 saturated carbocycles. The summed E-state index contributed by atoms with van der Waals surface area (Å²) >= 11 is 0.